The van der Waals surface area contributed by atoms with Crippen LogP contribution in [0.4, 0.5) is 0 Å². The van der Waals surface area contributed by atoms with Crippen molar-refractivity contribution in [2.45, 2.75) is 33.2 Å². The van der Waals surface area contributed by atoms with Gasteiger partial charge < -0.3 is 0 Å². The summed E-state index contributed by atoms with van der Waals surface area (Å²) in [5.41, 5.74) is 2.30. The highest BCUT2D eigenvalue weighted by molar-refractivity contribution is 5.94. The number of hydrogen-bond donors (Lipinski definition) is 1. The van der Waals surface area contributed by atoms with Crippen LogP contribution in [0.1, 0.15) is 27.7 Å². The molecule has 0 saturated carbocycles. The SMILES string of the molecule is C/C=C/C(=O)Nn1cnc2c(cnn2C(C)(C)C)c1=O. The molecule has 0 saturated heterocycles. The number of aromatic nitrogens is 4. The Morgan fingerprint density at radius 3 is 2.70 bits per heavy atom. The monoisotopic (exact) mass is 275 g/mol. The van der Waals surface area contributed by atoms with Crippen molar-refractivity contribution in [1.82, 2.24) is 19.4 Å². The number of amides is 1. The fourth-order valence-electron chi connectivity index (χ4n) is 1.79. The zero-order valence-corrected chi connectivity index (χ0v) is 11.9. The van der Waals surface area contributed by atoms with Gasteiger partial charge in [0.05, 0.1) is 11.7 Å². The topological polar surface area (TPSA) is 81.8 Å². The van der Waals surface area contributed by atoms with Gasteiger partial charge in [-0.05, 0) is 27.7 Å². The summed E-state index contributed by atoms with van der Waals surface area (Å²) in [6.07, 6.45) is 5.67. The normalized spacial score (nSPS) is 12.2. The highest BCUT2D eigenvalue weighted by Gasteiger charge is 2.19. The van der Waals surface area contributed by atoms with Crippen LogP contribution in [0, 0.1) is 0 Å². The molecule has 7 heteroatoms. The highest BCUT2D eigenvalue weighted by atomic mass is 16.2. The summed E-state index contributed by atoms with van der Waals surface area (Å²) in [7, 11) is 0. The van der Waals surface area contributed by atoms with E-state index in [2.05, 4.69) is 15.5 Å². The van der Waals surface area contributed by atoms with Crippen molar-refractivity contribution < 1.29 is 4.79 Å². The lowest BCUT2D eigenvalue weighted by molar-refractivity contribution is -0.112. The molecule has 1 N–H and O–H groups in total. The van der Waals surface area contributed by atoms with Gasteiger partial charge in [-0.2, -0.15) is 5.10 Å². The molecule has 0 aliphatic heterocycles. The number of nitrogens with zero attached hydrogens (tertiary/aromatic N) is 4. The van der Waals surface area contributed by atoms with Gasteiger partial charge in [0.1, 0.15) is 11.7 Å². The van der Waals surface area contributed by atoms with Gasteiger partial charge in [-0.15, -0.1) is 0 Å². The summed E-state index contributed by atoms with van der Waals surface area (Å²) >= 11 is 0. The van der Waals surface area contributed by atoms with Gasteiger partial charge in [0.2, 0.25) is 0 Å². The molecule has 0 aliphatic carbocycles. The van der Waals surface area contributed by atoms with Crippen molar-refractivity contribution in [3.05, 3.63) is 35.0 Å². The predicted molar refractivity (Wildman–Crippen MR) is 76.0 cm³/mol. The summed E-state index contributed by atoms with van der Waals surface area (Å²) in [5, 5.41) is 4.56. The summed E-state index contributed by atoms with van der Waals surface area (Å²) in [5.74, 6) is -0.390. The van der Waals surface area contributed by atoms with E-state index < -0.39 is 0 Å². The number of allylic oxidation sites excluding steroid dienone is 1. The standard InChI is InChI=1S/C13H17N5O2/c1-5-6-10(19)16-17-8-14-11-9(12(17)20)7-15-18(11)13(2,3)4/h5-8H,1-4H3,(H,16,19)/b6-5+. The van der Waals surface area contributed by atoms with E-state index in [-0.39, 0.29) is 17.0 Å². The molecule has 0 spiro atoms. The second-order valence-electron chi connectivity index (χ2n) is 5.36. The Bertz CT molecular complexity index is 733. The van der Waals surface area contributed by atoms with E-state index in [9.17, 15) is 9.59 Å². The van der Waals surface area contributed by atoms with Crippen LogP contribution in [0.3, 0.4) is 0 Å². The lowest BCUT2D eigenvalue weighted by Gasteiger charge is -2.19. The van der Waals surface area contributed by atoms with E-state index in [1.165, 1.54) is 18.6 Å². The molecule has 0 bridgehead atoms. The number of carbonyl (C=O) groups is 1. The molecule has 0 fully saturated rings. The zero-order valence-electron chi connectivity index (χ0n) is 11.9. The predicted octanol–water partition coefficient (Wildman–Crippen LogP) is 0.994. The third-order valence-corrected chi connectivity index (χ3v) is 2.67. The van der Waals surface area contributed by atoms with Gasteiger partial charge in [0, 0.05) is 6.08 Å². The molecule has 2 heterocycles. The smallest absolute Gasteiger partial charge is 0.268 e. The van der Waals surface area contributed by atoms with Crippen molar-refractivity contribution in [2.24, 2.45) is 0 Å². The molecular weight excluding hydrogens is 258 g/mol. The second-order valence-corrected chi connectivity index (χ2v) is 5.36. The van der Waals surface area contributed by atoms with Crippen LogP contribution in [0.2, 0.25) is 0 Å². The molecule has 2 aromatic heterocycles. The van der Waals surface area contributed by atoms with Crippen LogP contribution in [-0.2, 0) is 10.3 Å². The third-order valence-electron chi connectivity index (χ3n) is 2.67. The Kier molecular flexibility index (Phi) is 3.44. The van der Waals surface area contributed by atoms with E-state index in [1.807, 2.05) is 20.8 Å². The van der Waals surface area contributed by atoms with Crippen molar-refractivity contribution in [3.63, 3.8) is 0 Å². The van der Waals surface area contributed by atoms with Gasteiger partial charge in [0.15, 0.2) is 5.65 Å². The van der Waals surface area contributed by atoms with E-state index in [4.69, 9.17) is 0 Å². The Morgan fingerprint density at radius 1 is 1.40 bits per heavy atom. The lowest BCUT2D eigenvalue weighted by atomic mass is 10.1. The van der Waals surface area contributed by atoms with Crippen molar-refractivity contribution in [2.75, 3.05) is 5.43 Å². The Hall–Kier alpha value is -2.44. The first-order chi connectivity index (χ1) is 9.34. The maximum atomic E-state index is 12.2. The minimum atomic E-state index is -0.390. The third kappa shape index (κ3) is 2.47. The molecule has 2 rings (SSSR count). The largest absolute Gasteiger partial charge is 0.283 e. The van der Waals surface area contributed by atoms with Gasteiger partial charge in [-0.3, -0.25) is 15.0 Å². The van der Waals surface area contributed by atoms with Crippen LogP contribution in [0.25, 0.3) is 11.0 Å². The van der Waals surface area contributed by atoms with E-state index in [0.717, 1.165) is 4.68 Å². The number of nitrogens with one attached hydrogen (secondary N) is 1. The number of fused-ring (bicyclic) bond motifs is 1. The van der Waals surface area contributed by atoms with Crippen LogP contribution in [0.15, 0.2) is 29.5 Å². The van der Waals surface area contributed by atoms with E-state index in [0.29, 0.717) is 11.0 Å². The zero-order chi connectivity index (χ0) is 14.9. The molecule has 20 heavy (non-hydrogen) atoms. The number of carbonyl (C=O) groups excluding carboxylic acids is 1. The maximum Gasteiger partial charge on any atom is 0.283 e. The molecule has 0 radical (unpaired) electrons. The molecule has 0 unspecified atom stereocenters. The molecular formula is C13H17N5O2. The second kappa shape index (κ2) is 4.92. The molecule has 0 atom stereocenters. The summed E-state index contributed by atoms with van der Waals surface area (Å²) in [4.78, 5) is 27.9. The summed E-state index contributed by atoms with van der Waals surface area (Å²) < 4.78 is 2.74. The average molecular weight is 275 g/mol. The first kappa shape index (κ1) is 14.0. The highest BCUT2D eigenvalue weighted by Crippen LogP contribution is 2.17. The molecule has 0 aliphatic rings. The molecule has 106 valence electrons. The van der Waals surface area contributed by atoms with Crippen LogP contribution < -0.4 is 11.0 Å². The van der Waals surface area contributed by atoms with Crippen LogP contribution >= 0.6 is 0 Å². The van der Waals surface area contributed by atoms with Crippen molar-refractivity contribution in [1.29, 1.82) is 0 Å². The minimum absolute atomic E-state index is 0.276. The van der Waals surface area contributed by atoms with Crippen LogP contribution in [0.5, 0.6) is 0 Å². The summed E-state index contributed by atoms with van der Waals surface area (Å²) in [6, 6.07) is 0. The van der Waals surface area contributed by atoms with Crippen molar-refractivity contribution in [3.8, 4) is 0 Å². The van der Waals surface area contributed by atoms with E-state index >= 15 is 0 Å². The van der Waals surface area contributed by atoms with E-state index in [1.54, 1.807) is 17.7 Å². The fourth-order valence-corrected chi connectivity index (χ4v) is 1.79. The summed E-state index contributed by atoms with van der Waals surface area (Å²) in [6.45, 7) is 7.64. The number of hydrogen-bond acceptors (Lipinski definition) is 4. The number of rotatable bonds is 2. The Labute approximate surface area is 115 Å². The first-order valence-electron chi connectivity index (χ1n) is 6.24. The minimum Gasteiger partial charge on any atom is -0.268 e. The maximum absolute atomic E-state index is 12.2. The van der Waals surface area contributed by atoms with Gasteiger partial charge >= 0.3 is 0 Å². The fraction of sp³-hybridized carbons (Fsp3) is 0.385. The Morgan fingerprint density at radius 2 is 2.10 bits per heavy atom. The molecule has 0 aromatic carbocycles. The lowest BCUT2D eigenvalue weighted by Crippen LogP contribution is -2.32. The quantitative estimate of drug-likeness (QED) is 0.829. The molecule has 7 nitrogen and oxygen atoms in total. The molecule has 2 aromatic rings. The van der Waals surface area contributed by atoms with Gasteiger partial charge in [-0.25, -0.2) is 14.3 Å². The van der Waals surface area contributed by atoms with Crippen LogP contribution in [-0.4, -0.2) is 25.3 Å². The first-order valence-corrected chi connectivity index (χ1v) is 6.24. The molecule has 1 amide bonds. The average Bonchev–Trinajstić information content (AvgIpc) is 2.77. The van der Waals surface area contributed by atoms with Gasteiger partial charge in [0.25, 0.3) is 11.5 Å². The Balaban J connectivity index is 2.51. The van der Waals surface area contributed by atoms with Crippen molar-refractivity contribution >= 4 is 16.9 Å². The van der Waals surface area contributed by atoms with Gasteiger partial charge in [-0.1, -0.05) is 6.08 Å².